The lowest BCUT2D eigenvalue weighted by Gasteiger charge is -2.38. The Kier molecular flexibility index (Phi) is 10.1. The summed E-state index contributed by atoms with van der Waals surface area (Å²) in [4.78, 5) is 59.8. The number of nitrogens with zero attached hydrogens (tertiary/aromatic N) is 7. The second-order valence-corrected chi connectivity index (χ2v) is 15.2. The van der Waals surface area contributed by atoms with E-state index >= 15 is 4.39 Å². The minimum absolute atomic E-state index is 0.107. The first-order chi connectivity index (χ1) is 27.3. The van der Waals surface area contributed by atoms with Crippen LogP contribution in [0.1, 0.15) is 84.7 Å². The second kappa shape index (κ2) is 15.0. The number of methoxy groups -OCH3 is 1. The number of halogens is 4. The SMILES string of the molecule is COc1cc(NC(=O)c2cncc(C(F)(F)F)n2)cc2cn(C3CCC(CN4CC[C@@H](c5cccc6c5n(C)c(=O)n6C5CCC(=O)NC5=O)[C@H](F)C4)CC3)nc12. The van der Waals surface area contributed by atoms with Crippen molar-refractivity contribution in [2.45, 2.75) is 75.3 Å². The highest BCUT2D eigenvalue weighted by molar-refractivity contribution is 6.04. The minimum atomic E-state index is -4.74. The summed E-state index contributed by atoms with van der Waals surface area (Å²) in [5, 5.41) is 10.4. The Morgan fingerprint density at radius 3 is 2.56 bits per heavy atom. The van der Waals surface area contributed by atoms with Crippen LogP contribution in [0, 0.1) is 5.92 Å². The number of benzene rings is 2. The summed E-state index contributed by atoms with van der Waals surface area (Å²) in [5.74, 6) is -1.38. The molecule has 5 heterocycles. The van der Waals surface area contributed by atoms with Crippen LogP contribution in [0.4, 0.5) is 23.2 Å². The van der Waals surface area contributed by atoms with Crippen molar-refractivity contribution in [1.82, 2.24) is 39.1 Å². The number of hydrogen-bond acceptors (Lipinski definition) is 9. The van der Waals surface area contributed by atoms with Gasteiger partial charge < -0.3 is 15.0 Å². The predicted octanol–water partition coefficient (Wildman–Crippen LogP) is 5.30. The Morgan fingerprint density at radius 2 is 1.84 bits per heavy atom. The highest BCUT2D eigenvalue weighted by atomic mass is 19.4. The minimum Gasteiger partial charge on any atom is -0.494 e. The summed E-state index contributed by atoms with van der Waals surface area (Å²) in [6.07, 6.45) is 1.98. The summed E-state index contributed by atoms with van der Waals surface area (Å²) in [6, 6.07) is 7.96. The fourth-order valence-electron chi connectivity index (χ4n) is 8.78. The van der Waals surface area contributed by atoms with Crippen LogP contribution in [-0.2, 0) is 22.8 Å². The van der Waals surface area contributed by atoms with Gasteiger partial charge in [0.05, 0.1) is 36.6 Å². The number of piperidine rings is 2. The predicted molar refractivity (Wildman–Crippen MR) is 200 cm³/mol. The number of para-hydroxylation sites is 1. The van der Waals surface area contributed by atoms with Gasteiger partial charge in [0, 0.05) is 55.8 Å². The average molecular weight is 792 g/mol. The van der Waals surface area contributed by atoms with Crippen LogP contribution >= 0.6 is 0 Å². The van der Waals surface area contributed by atoms with Crippen molar-refractivity contribution in [2.24, 2.45) is 13.0 Å². The third kappa shape index (κ3) is 7.37. The van der Waals surface area contributed by atoms with E-state index in [9.17, 15) is 32.3 Å². The molecule has 0 bridgehead atoms. The van der Waals surface area contributed by atoms with Crippen LogP contribution in [0.3, 0.4) is 0 Å². The van der Waals surface area contributed by atoms with Gasteiger partial charge in [0.15, 0.2) is 5.69 Å². The molecule has 3 aromatic heterocycles. The summed E-state index contributed by atoms with van der Waals surface area (Å²) in [5.41, 5.74) is 0.671. The molecule has 3 fully saturated rings. The second-order valence-electron chi connectivity index (χ2n) is 15.2. The molecule has 300 valence electrons. The third-order valence-corrected chi connectivity index (χ3v) is 11.6. The number of aromatic nitrogens is 6. The largest absolute Gasteiger partial charge is 0.494 e. The van der Waals surface area contributed by atoms with Gasteiger partial charge in [0.25, 0.3) is 5.91 Å². The van der Waals surface area contributed by atoms with Crippen LogP contribution in [0.5, 0.6) is 5.75 Å². The van der Waals surface area contributed by atoms with Gasteiger partial charge in [-0.15, -0.1) is 0 Å². The molecule has 1 aliphatic carbocycles. The van der Waals surface area contributed by atoms with E-state index in [-0.39, 0.29) is 37.0 Å². The van der Waals surface area contributed by atoms with Crippen molar-refractivity contribution in [3.05, 3.63) is 76.4 Å². The van der Waals surface area contributed by atoms with E-state index in [1.165, 1.54) is 16.2 Å². The Labute approximate surface area is 323 Å². The quantitative estimate of drug-likeness (QED) is 0.157. The Morgan fingerprint density at radius 1 is 1.05 bits per heavy atom. The molecule has 8 rings (SSSR count). The molecule has 3 aliphatic rings. The van der Waals surface area contributed by atoms with Gasteiger partial charge in [0.1, 0.15) is 29.2 Å². The van der Waals surface area contributed by atoms with Crippen molar-refractivity contribution in [2.75, 3.05) is 32.1 Å². The van der Waals surface area contributed by atoms with E-state index in [1.807, 2.05) is 16.9 Å². The maximum atomic E-state index is 16.1. The van der Waals surface area contributed by atoms with E-state index in [1.54, 1.807) is 31.3 Å². The number of ether oxygens (including phenoxy) is 1. The number of hydrogen-bond donors (Lipinski definition) is 2. The highest BCUT2D eigenvalue weighted by Gasteiger charge is 2.37. The van der Waals surface area contributed by atoms with E-state index in [4.69, 9.17) is 9.84 Å². The number of anilines is 1. The number of carbonyl (C=O) groups excluding carboxylic acids is 3. The zero-order valence-corrected chi connectivity index (χ0v) is 31.3. The first kappa shape index (κ1) is 38.2. The zero-order valence-electron chi connectivity index (χ0n) is 31.3. The molecule has 18 heteroatoms. The number of rotatable bonds is 8. The van der Waals surface area contributed by atoms with Crippen LogP contribution in [0.25, 0.3) is 21.9 Å². The average Bonchev–Trinajstić information content (AvgIpc) is 3.73. The summed E-state index contributed by atoms with van der Waals surface area (Å²) >= 11 is 0. The Balaban J connectivity index is 0.895. The number of alkyl halides is 4. The number of aryl methyl sites for hydroxylation is 1. The highest BCUT2D eigenvalue weighted by Crippen LogP contribution is 2.39. The van der Waals surface area contributed by atoms with Crippen LogP contribution in [0.15, 0.2) is 53.7 Å². The number of imide groups is 1. The topological polar surface area (TPSA) is 158 Å². The molecule has 57 heavy (non-hydrogen) atoms. The number of likely N-dealkylation sites (tertiary alicyclic amines) is 1. The van der Waals surface area contributed by atoms with E-state index in [0.29, 0.717) is 58.5 Å². The molecule has 14 nitrogen and oxygen atoms in total. The standard InChI is InChI=1S/C39H41F4N9O5/c1-49-35-26(4-3-5-29(35)52(38(49)56)30-10-11-33(53)47-37(30)55)25-12-13-50(20-27(25)40)18-21-6-8-24(9-7-21)51-19-22-14-23(15-31(57-2)34(22)48-51)45-36(54)28-16-44-17-32(46-28)39(41,42)43/h3-5,14-17,19,21,24-25,27,30H,6-13,18,20H2,1-2H3,(H,45,54)(H,47,53,55)/t21?,24?,25-,27+,30?/m0/s1. The lowest BCUT2D eigenvalue weighted by Crippen LogP contribution is -2.44. The van der Waals surface area contributed by atoms with Crippen molar-refractivity contribution < 1.29 is 36.7 Å². The number of fused-ring (bicyclic) bond motifs is 2. The van der Waals surface area contributed by atoms with Gasteiger partial charge in [-0.25, -0.2) is 14.2 Å². The van der Waals surface area contributed by atoms with Crippen molar-refractivity contribution >= 4 is 45.3 Å². The molecule has 5 aromatic rings. The van der Waals surface area contributed by atoms with E-state index in [0.717, 1.165) is 44.0 Å². The van der Waals surface area contributed by atoms with Crippen molar-refractivity contribution in [3.63, 3.8) is 0 Å². The fraction of sp³-hybridized carbons (Fsp3) is 0.462. The van der Waals surface area contributed by atoms with Gasteiger partial charge in [-0.05, 0) is 68.7 Å². The van der Waals surface area contributed by atoms with Crippen molar-refractivity contribution in [1.29, 1.82) is 0 Å². The van der Waals surface area contributed by atoms with Gasteiger partial charge in [-0.1, -0.05) is 12.1 Å². The first-order valence-corrected chi connectivity index (χ1v) is 19.0. The van der Waals surface area contributed by atoms with Gasteiger partial charge in [-0.2, -0.15) is 18.3 Å². The smallest absolute Gasteiger partial charge is 0.434 e. The number of carbonyl (C=O) groups is 3. The van der Waals surface area contributed by atoms with Crippen LogP contribution in [-0.4, -0.2) is 84.4 Å². The lowest BCUT2D eigenvalue weighted by atomic mass is 9.83. The fourth-order valence-corrected chi connectivity index (χ4v) is 8.78. The van der Waals surface area contributed by atoms with Crippen molar-refractivity contribution in [3.8, 4) is 5.75 Å². The summed E-state index contributed by atoms with van der Waals surface area (Å²) < 4.78 is 65.8. The molecular weight excluding hydrogens is 750 g/mol. The molecule has 3 amide bonds. The first-order valence-electron chi connectivity index (χ1n) is 19.0. The number of amides is 3. The molecule has 3 atom stereocenters. The number of nitrogens with one attached hydrogen (secondary N) is 2. The van der Waals surface area contributed by atoms with Crippen LogP contribution in [0.2, 0.25) is 0 Å². The molecule has 1 saturated carbocycles. The Hall–Kier alpha value is -5.65. The van der Waals surface area contributed by atoms with Gasteiger partial charge in [0.2, 0.25) is 11.8 Å². The van der Waals surface area contributed by atoms with Crippen LogP contribution < -0.4 is 21.1 Å². The number of imidazole rings is 1. The maximum Gasteiger partial charge on any atom is 0.434 e. The van der Waals surface area contributed by atoms with Gasteiger partial charge >= 0.3 is 11.9 Å². The maximum absolute atomic E-state index is 16.1. The molecule has 2 saturated heterocycles. The molecule has 2 aromatic carbocycles. The monoisotopic (exact) mass is 791 g/mol. The van der Waals surface area contributed by atoms with E-state index < -0.39 is 47.5 Å². The summed E-state index contributed by atoms with van der Waals surface area (Å²) in [7, 11) is 3.11. The molecule has 1 unspecified atom stereocenters. The normalized spacial score (nSPS) is 23.5. The lowest BCUT2D eigenvalue weighted by molar-refractivity contribution is -0.141. The zero-order chi connectivity index (χ0) is 40.2. The van der Waals surface area contributed by atoms with Gasteiger partial charge in [-0.3, -0.25) is 38.5 Å². The third-order valence-electron chi connectivity index (χ3n) is 11.6. The molecule has 0 radical (unpaired) electrons. The molecule has 0 spiro atoms. The molecular formula is C39H41F4N9O5. The van der Waals surface area contributed by atoms with E-state index in [2.05, 4.69) is 25.5 Å². The Bertz CT molecular complexity index is 2430. The molecule has 2 aliphatic heterocycles. The molecule has 2 N–H and O–H groups in total. The summed E-state index contributed by atoms with van der Waals surface area (Å²) in [6.45, 7) is 1.74.